The van der Waals surface area contributed by atoms with Crippen molar-refractivity contribution in [2.75, 3.05) is 7.11 Å². The molecule has 2 nitrogen and oxygen atoms in total. The van der Waals surface area contributed by atoms with Crippen molar-refractivity contribution >= 4 is 53.6 Å². The Morgan fingerprint density at radius 1 is 1.05 bits per heavy atom. The number of rotatable bonds is 4. The van der Waals surface area contributed by atoms with Crippen LogP contribution in [0, 0.1) is 0 Å². The highest BCUT2D eigenvalue weighted by atomic mass is 79.9. The van der Waals surface area contributed by atoms with Crippen LogP contribution in [0.1, 0.15) is 15.9 Å². The van der Waals surface area contributed by atoms with E-state index in [1.165, 1.54) is 0 Å². The summed E-state index contributed by atoms with van der Waals surface area (Å²) in [5, 5.41) is 0. The van der Waals surface area contributed by atoms with E-state index in [2.05, 4.69) is 47.8 Å². The third-order valence-corrected chi connectivity index (χ3v) is 4.30. The Bertz CT molecular complexity index is 633. The number of methoxy groups -OCH3 is 1. The van der Waals surface area contributed by atoms with E-state index in [0.717, 1.165) is 24.7 Å². The third kappa shape index (κ3) is 3.93. The molecule has 0 radical (unpaired) electrons. The summed E-state index contributed by atoms with van der Waals surface area (Å²) in [5.41, 5.74) is 1.62. The summed E-state index contributed by atoms with van der Waals surface area (Å²) >= 11 is 10.2. The summed E-state index contributed by atoms with van der Waals surface area (Å²) in [6.07, 6.45) is 0.353. The van der Waals surface area contributed by atoms with Gasteiger partial charge in [0, 0.05) is 20.9 Å². The van der Waals surface area contributed by atoms with Gasteiger partial charge in [-0.1, -0.05) is 37.9 Å². The van der Waals surface area contributed by atoms with E-state index in [1.807, 2.05) is 36.4 Å². The topological polar surface area (TPSA) is 26.3 Å². The summed E-state index contributed by atoms with van der Waals surface area (Å²) in [6, 6.07) is 11.2. The molecular formula is C15H11Br3O2. The van der Waals surface area contributed by atoms with Gasteiger partial charge < -0.3 is 4.74 Å². The number of ether oxygens (including phenoxy) is 1. The van der Waals surface area contributed by atoms with Gasteiger partial charge in [-0.3, -0.25) is 4.79 Å². The SMILES string of the molecule is COc1ccc(CC(=O)c2cc(Br)cc(Br)c2)cc1Br. The molecule has 0 saturated carbocycles. The van der Waals surface area contributed by atoms with Crippen molar-refractivity contribution in [3.63, 3.8) is 0 Å². The fourth-order valence-electron chi connectivity index (χ4n) is 1.82. The summed E-state index contributed by atoms with van der Waals surface area (Å²) in [5.74, 6) is 0.829. The molecule has 5 heteroatoms. The Hall–Kier alpha value is -0.650. The highest BCUT2D eigenvalue weighted by molar-refractivity contribution is 9.11. The van der Waals surface area contributed by atoms with Crippen LogP contribution in [0.5, 0.6) is 5.75 Å². The number of hydrogen-bond donors (Lipinski definition) is 0. The van der Waals surface area contributed by atoms with Gasteiger partial charge in [0.15, 0.2) is 5.78 Å². The van der Waals surface area contributed by atoms with Crippen LogP contribution in [-0.2, 0) is 6.42 Å². The molecule has 0 atom stereocenters. The zero-order valence-corrected chi connectivity index (χ0v) is 15.4. The van der Waals surface area contributed by atoms with Gasteiger partial charge in [0.25, 0.3) is 0 Å². The molecular weight excluding hydrogens is 452 g/mol. The van der Waals surface area contributed by atoms with Crippen molar-refractivity contribution in [2.45, 2.75) is 6.42 Å². The second-order valence-electron chi connectivity index (χ2n) is 4.23. The summed E-state index contributed by atoms with van der Waals surface area (Å²) < 4.78 is 7.79. The maximum absolute atomic E-state index is 12.3. The summed E-state index contributed by atoms with van der Waals surface area (Å²) in [4.78, 5) is 12.3. The molecule has 2 aromatic carbocycles. The Labute approximate surface area is 142 Å². The van der Waals surface area contributed by atoms with Gasteiger partial charge in [-0.2, -0.15) is 0 Å². The second kappa shape index (κ2) is 6.87. The fourth-order valence-corrected chi connectivity index (χ4v) is 3.70. The van der Waals surface area contributed by atoms with Crippen LogP contribution in [0.4, 0.5) is 0 Å². The highest BCUT2D eigenvalue weighted by Gasteiger charge is 2.10. The van der Waals surface area contributed by atoms with Crippen molar-refractivity contribution in [1.82, 2.24) is 0 Å². The lowest BCUT2D eigenvalue weighted by Gasteiger charge is -2.07. The molecule has 0 aromatic heterocycles. The quantitative estimate of drug-likeness (QED) is 0.568. The van der Waals surface area contributed by atoms with Gasteiger partial charge in [-0.15, -0.1) is 0 Å². The number of halogens is 3. The molecule has 20 heavy (non-hydrogen) atoms. The molecule has 2 aromatic rings. The first-order valence-corrected chi connectivity index (χ1v) is 8.19. The van der Waals surface area contributed by atoms with Gasteiger partial charge in [0.2, 0.25) is 0 Å². The standard InChI is InChI=1S/C15H11Br3O2/c1-20-15-3-2-9(4-13(15)18)5-14(19)10-6-11(16)8-12(17)7-10/h2-4,6-8H,5H2,1H3. The van der Waals surface area contributed by atoms with Crippen LogP contribution in [0.25, 0.3) is 0 Å². The molecule has 2 rings (SSSR count). The predicted octanol–water partition coefficient (Wildman–Crippen LogP) is 5.41. The minimum Gasteiger partial charge on any atom is -0.496 e. The van der Waals surface area contributed by atoms with Crippen LogP contribution in [-0.4, -0.2) is 12.9 Å². The average molecular weight is 463 g/mol. The van der Waals surface area contributed by atoms with E-state index in [4.69, 9.17) is 4.74 Å². The van der Waals surface area contributed by atoms with E-state index in [0.29, 0.717) is 12.0 Å². The van der Waals surface area contributed by atoms with Gasteiger partial charge in [-0.05, 0) is 51.8 Å². The van der Waals surface area contributed by atoms with Gasteiger partial charge in [0.05, 0.1) is 11.6 Å². The fraction of sp³-hybridized carbons (Fsp3) is 0.133. The molecule has 0 unspecified atom stereocenters. The monoisotopic (exact) mass is 460 g/mol. The molecule has 0 heterocycles. The molecule has 0 N–H and O–H groups in total. The van der Waals surface area contributed by atoms with Crippen LogP contribution in [0.2, 0.25) is 0 Å². The van der Waals surface area contributed by atoms with Gasteiger partial charge in [-0.25, -0.2) is 0 Å². The number of benzene rings is 2. The number of carbonyl (C=O) groups excluding carboxylic acids is 1. The van der Waals surface area contributed by atoms with Crippen LogP contribution in [0.3, 0.4) is 0 Å². The van der Waals surface area contributed by atoms with Crippen molar-refractivity contribution < 1.29 is 9.53 Å². The average Bonchev–Trinajstić information content (AvgIpc) is 2.37. The Balaban J connectivity index is 2.21. The maximum Gasteiger partial charge on any atom is 0.167 e. The number of Topliss-reactive ketones (excluding diaryl/α,β-unsaturated/α-hetero) is 1. The zero-order valence-electron chi connectivity index (χ0n) is 10.6. The van der Waals surface area contributed by atoms with Crippen LogP contribution >= 0.6 is 47.8 Å². The van der Waals surface area contributed by atoms with E-state index in [9.17, 15) is 4.79 Å². The van der Waals surface area contributed by atoms with E-state index in [-0.39, 0.29) is 5.78 Å². The van der Waals surface area contributed by atoms with Crippen molar-refractivity contribution in [3.8, 4) is 5.75 Å². The first-order valence-electron chi connectivity index (χ1n) is 5.81. The van der Waals surface area contributed by atoms with Crippen molar-refractivity contribution in [3.05, 3.63) is 60.9 Å². The summed E-state index contributed by atoms with van der Waals surface area (Å²) in [6.45, 7) is 0. The van der Waals surface area contributed by atoms with E-state index >= 15 is 0 Å². The lowest BCUT2D eigenvalue weighted by atomic mass is 10.0. The highest BCUT2D eigenvalue weighted by Crippen LogP contribution is 2.26. The van der Waals surface area contributed by atoms with Crippen molar-refractivity contribution in [1.29, 1.82) is 0 Å². The molecule has 0 saturated heterocycles. The normalized spacial score (nSPS) is 10.4. The molecule has 0 aliphatic carbocycles. The van der Waals surface area contributed by atoms with Gasteiger partial charge in [0.1, 0.15) is 5.75 Å². The van der Waals surface area contributed by atoms with Crippen molar-refractivity contribution in [2.24, 2.45) is 0 Å². The number of ketones is 1. The first kappa shape index (κ1) is 15.7. The summed E-state index contributed by atoms with van der Waals surface area (Å²) in [7, 11) is 1.62. The second-order valence-corrected chi connectivity index (χ2v) is 6.91. The minimum absolute atomic E-state index is 0.0732. The Kier molecular flexibility index (Phi) is 5.41. The van der Waals surface area contributed by atoms with Crippen LogP contribution < -0.4 is 4.74 Å². The maximum atomic E-state index is 12.3. The molecule has 0 aliphatic heterocycles. The van der Waals surface area contributed by atoms with Gasteiger partial charge >= 0.3 is 0 Å². The smallest absolute Gasteiger partial charge is 0.167 e. The molecule has 0 amide bonds. The zero-order chi connectivity index (χ0) is 14.7. The number of carbonyl (C=O) groups is 1. The molecule has 0 bridgehead atoms. The predicted molar refractivity (Wildman–Crippen MR) is 90.6 cm³/mol. The van der Waals surface area contributed by atoms with E-state index in [1.54, 1.807) is 7.11 Å². The first-order chi connectivity index (χ1) is 9.49. The Morgan fingerprint density at radius 2 is 1.70 bits per heavy atom. The largest absolute Gasteiger partial charge is 0.496 e. The molecule has 104 valence electrons. The molecule has 0 fully saturated rings. The molecule has 0 aliphatic rings. The lowest BCUT2D eigenvalue weighted by molar-refractivity contribution is 0.0993. The molecule has 0 spiro atoms. The minimum atomic E-state index is 0.0732. The van der Waals surface area contributed by atoms with E-state index < -0.39 is 0 Å². The third-order valence-electron chi connectivity index (χ3n) is 2.77. The number of hydrogen-bond acceptors (Lipinski definition) is 2. The Morgan fingerprint density at radius 3 is 2.25 bits per heavy atom. The lowest BCUT2D eigenvalue weighted by Crippen LogP contribution is -2.04. The van der Waals surface area contributed by atoms with Crippen LogP contribution in [0.15, 0.2) is 49.8 Å².